The van der Waals surface area contributed by atoms with Crippen LogP contribution in [0.1, 0.15) is 0 Å². The largest absolute Gasteiger partial charge is 0.456 e. The van der Waals surface area contributed by atoms with Crippen LogP contribution in [0.2, 0.25) is 0 Å². The molecule has 0 atom stereocenters. The lowest BCUT2D eigenvalue weighted by Crippen LogP contribution is -2.00. The molecule has 1 aromatic heterocycles. The SMILES string of the molecule is Bc1cccc(-c2ccc3c(c2)oc2ccc(-c4ccccc4)cc23)c1. The van der Waals surface area contributed by atoms with E-state index in [2.05, 4.69) is 92.8 Å². The lowest BCUT2D eigenvalue weighted by molar-refractivity contribution is 0.669. The maximum atomic E-state index is 6.14. The fourth-order valence-electron chi connectivity index (χ4n) is 3.59. The molecular formula is C24H17BO. The van der Waals surface area contributed by atoms with Gasteiger partial charge in [0.25, 0.3) is 0 Å². The van der Waals surface area contributed by atoms with Gasteiger partial charge in [-0.3, -0.25) is 0 Å². The van der Waals surface area contributed by atoms with Crippen LogP contribution in [0.15, 0.2) is 95.4 Å². The van der Waals surface area contributed by atoms with Crippen LogP contribution >= 0.6 is 0 Å². The quantitative estimate of drug-likeness (QED) is 0.406. The molecule has 122 valence electrons. The summed E-state index contributed by atoms with van der Waals surface area (Å²) in [5.74, 6) is 0. The Balaban J connectivity index is 1.67. The Morgan fingerprint density at radius 3 is 2.08 bits per heavy atom. The molecule has 0 aliphatic heterocycles. The van der Waals surface area contributed by atoms with Gasteiger partial charge in [0.1, 0.15) is 19.0 Å². The Kier molecular flexibility index (Phi) is 3.43. The van der Waals surface area contributed by atoms with E-state index >= 15 is 0 Å². The van der Waals surface area contributed by atoms with Gasteiger partial charge in [-0.25, -0.2) is 0 Å². The molecular weight excluding hydrogens is 315 g/mol. The Bertz CT molecular complexity index is 1240. The van der Waals surface area contributed by atoms with Crippen LogP contribution < -0.4 is 5.46 Å². The second kappa shape index (κ2) is 5.92. The second-order valence-electron chi connectivity index (χ2n) is 6.76. The van der Waals surface area contributed by atoms with Gasteiger partial charge in [0, 0.05) is 10.8 Å². The molecule has 0 bridgehead atoms. The summed E-state index contributed by atoms with van der Waals surface area (Å²) in [6.45, 7) is 0. The molecule has 4 aromatic carbocycles. The van der Waals surface area contributed by atoms with Gasteiger partial charge in [-0.1, -0.05) is 72.2 Å². The fourth-order valence-corrected chi connectivity index (χ4v) is 3.59. The van der Waals surface area contributed by atoms with Crippen molar-refractivity contribution in [2.75, 3.05) is 0 Å². The topological polar surface area (TPSA) is 13.1 Å². The van der Waals surface area contributed by atoms with Crippen LogP contribution in [-0.2, 0) is 0 Å². The van der Waals surface area contributed by atoms with E-state index in [1.807, 2.05) is 6.07 Å². The standard InChI is InChI=1S/C24H17BO/c25-20-8-4-7-17(13-20)19-9-11-21-22-14-18(16-5-2-1-3-6-16)10-12-23(22)26-24(21)15-19/h1-15H,25H2. The van der Waals surface area contributed by atoms with Crippen LogP contribution in [0.5, 0.6) is 0 Å². The minimum absolute atomic E-state index is 0.932. The van der Waals surface area contributed by atoms with E-state index in [1.54, 1.807) is 0 Å². The first kappa shape index (κ1) is 15.0. The zero-order valence-corrected chi connectivity index (χ0v) is 14.6. The van der Waals surface area contributed by atoms with Crippen LogP contribution in [0.4, 0.5) is 0 Å². The van der Waals surface area contributed by atoms with Gasteiger partial charge in [-0.15, -0.1) is 0 Å². The van der Waals surface area contributed by atoms with Crippen LogP contribution in [0.3, 0.4) is 0 Å². The van der Waals surface area contributed by atoms with Gasteiger partial charge in [0.2, 0.25) is 0 Å². The average molecular weight is 332 g/mol. The van der Waals surface area contributed by atoms with Crippen molar-refractivity contribution in [2.45, 2.75) is 0 Å². The molecule has 0 aliphatic rings. The van der Waals surface area contributed by atoms with E-state index in [-0.39, 0.29) is 0 Å². The Morgan fingerprint density at radius 2 is 1.23 bits per heavy atom. The van der Waals surface area contributed by atoms with E-state index in [0.29, 0.717) is 0 Å². The summed E-state index contributed by atoms with van der Waals surface area (Å²) in [5, 5.41) is 2.33. The molecule has 2 heteroatoms. The molecule has 0 fully saturated rings. The molecule has 1 heterocycles. The summed E-state index contributed by atoms with van der Waals surface area (Å²) in [4.78, 5) is 0. The Morgan fingerprint density at radius 1 is 0.500 bits per heavy atom. The molecule has 5 aromatic rings. The minimum atomic E-state index is 0.932. The number of hydrogen-bond donors (Lipinski definition) is 0. The van der Waals surface area contributed by atoms with E-state index in [1.165, 1.54) is 27.7 Å². The summed E-state index contributed by atoms with van der Waals surface area (Å²) in [6.07, 6.45) is 0. The van der Waals surface area contributed by atoms with Crippen molar-refractivity contribution < 1.29 is 4.42 Å². The molecule has 0 radical (unpaired) electrons. The predicted molar refractivity (Wildman–Crippen MR) is 113 cm³/mol. The molecule has 26 heavy (non-hydrogen) atoms. The van der Waals surface area contributed by atoms with Gasteiger partial charge in [-0.05, 0) is 46.5 Å². The van der Waals surface area contributed by atoms with Gasteiger partial charge < -0.3 is 4.42 Å². The third kappa shape index (κ3) is 2.51. The zero-order chi connectivity index (χ0) is 17.5. The maximum absolute atomic E-state index is 6.14. The minimum Gasteiger partial charge on any atom is -0.456 e. The molecule has 0 saturated heterocycles. The molecule has 0 N–H and O–H groups in total. The Labute approximate surface area is 153 Å². The number of furan rings is 1. The van der Waals surface area contributed by atoms with Gasteiger partial charge in [0.05, 0.1) is 0 Å². The average Bonchev–Trinajstić information content (AvgIpc) is 3.05. The Hall–Kier alpha value is -3.26. The number of rotatable bonds is 2. The van der Waals surface area contributed by atoms with E-state index in [4.69, 9.17) is 4.42 Å². The van der Waals surface area contributed by atoms with Crippen LogP contribution in [0.25, 0.3) is 44.2 Å². The van der Waals surface area contributed by atoms with Crippen molar-refractivity contribution in [3.05, 3.63) is 91.0 Å². The van der Waals surface area contributed by atoms with E-state index in [0.717, 1.165) is 21.9 Å². The third-order valence-corrected chi connectivity index (χ3v) is 4.93. The predicted octanol–water partition coefficient (Wildman–Crippen LogP) is 5.18. The summed E-state index contributed by atoms with van der Waals surface area (Å²) < 4.78 is 6.14. The van der Waals surface area contributed by atoms with Gasteiger partial charge in [0.15, 0.2) is 0 Å². The first-order chi connectivity index (χ1) is 12.8. The summed E-state index contributed by atoms with van der Waals surface area (Å²) in [7, 11) is 2.12. The maximum Gasteiger partial charge on any atom is 0.139 e. The highest BCUT2D eigenvalue weighted by molar-refractivity contribution is 6.32. The number of fused-ring (bicyclic) bond motifs is 3. The lowest BCUT2D eigenvalue weighted by atomic mass is 9.92. The number of benzene rings is 4. The van der Waals surface area contributed by atoms with Crippen molar-refractivity contribution in [3.63, 3.8) is 0 Å². The molecule has 0 unspecified atom stereocenters. The molecule has 0 spiro atoms. The highest BCUT2D eigenvalue weighted by atomic mass is 16.3. The highest BCUT2D eigenvalue weighted by Crippen LogP contribution is 2.34. The highest BCUT2D eigenvalue weighted by Gasteiger charge is 2.10. The van der Waals surface area contributed by atoms with Gasteiger partial charge in [-0.2, -0.15) is 0 Å². The molecule has 5 rings (SSSR count). The zero-order valence-electron chi connectivity index (χ0n) is 14.6. The van der Waals surface area contributed by atoms with E-state index < -0.39 is 0 Å². The van der Waals surface area contributed by atoms with Gasteiger partial charge >= 0.3 is 0 Å². The van der Waals surface area contributed by atoms with Crippen molar-refractivity contribution in [3.8, 4) is 22.3 Å². The smallest absolute Gasteiger partial charge is 0.139 e. The first-order valence-corrected chi connectivity index (χ1v) is 8.87. The lowest BCUT2D eigenvalue weighted by Gasteiger charge is -2.03. The molecule has 0 saturated carbocycles. The molecule has 0 aliphatic carbocycles. The summed E-state index contributed by atoms with van der Waals surface area (Å²) in [5.41, 5.74) is 7.97. The molecule has 0 amide bonds. The van der Waals surface area contributed by atoms with Crippen LogP contribution in [-0.4, -0.2) is 7.85 Å². The second-order valence-corrected chi connectivity index (χ2v) is 6.76. The molecule has 1 nitrogen and oxygen atoms in total. The van der Waals surface area contributed by atoms with E-state index in [9.17, 15) is 0 Å². The van der Waals surface area contributed by atoms with Crippen molar-refractivity contribution in [2.24, 2.45) is 0 Å². The first-order valence-electron chi connectivity index (χ1n) is 8.87. The summed E-state index contributed by atoms with van der Waals surface area (Å²) >= 11 is 0. The van der Waals surface area contributed by atoms with Crippen molar-refractivity contribution >= 4 is 35.2 Å². The number of hydrogen-bond acceptors (Lipinski definition) is 1. The van der Waals surface area contributed by atoms with Crippen molar-refractivity contribution in [1.82, 2.24) is 0 Å². The normalized spacial score (nSPS) is 11.2. The van der Waals surface area contributed by atoms with Crippen molar-refractivity contribution in [1.29, 1.82) is 0 Å². The fraction of sp³-hybridized carbons (Fsp3) is 0. The van der Waals surface area contributed by atoms with Crippen LogP contribution in [0, 0.1) is 0 Å². The third-order valence-electron chi connectivity index (χ3n) is 4.93. The summed E-state index contributed by atoms with van der Waals surface area (Å²) in [6, 6.07) is 32.0. The monoisotopic (exact) mass is 332 g/mol.